The second-order valence-electron chi connectivity index (χ2n) is 10.5. The quantitative estimate of drug-likeness (QED) is 0.716. The average molecular weight is 383 g/mol. The van der Waals surface area contributed by atoms with Crippen molar-refractivity contribution in [2.24, 2.45) is 23.7 Å². The fraction of sp³-hybridized carbons (Fsp3) is 0.955. The third-order valence-corrected chi connectivity index (χ3v) is 7.55. The molecule has 1 saturated carbocycles. The van der Waals surface area contributed by atoms with Gasteiger partial charge in [0.05, 0.1) is 23.4 Å². The van der Waals surface area contributed by atoms with Gasteiger partial charge in [-0.25, -0.2) is 0 Å². The summed E-state index contributed by atoms with van der Waals surface area (Å²) < 4.78 is 12.4. The number of ether oxygens (including phenoxy) is 2. The zero-order chi connectivity index (χ0) is 20.2. The lowest BCUT2D eigenvalue weighted by Gasteiger charge is -2.50. The first-order valence-electron chi connectivity index (χ1n) is 10.7. The summed E-state index contributed by atoms with van der Waals surface area (Å²) in [6.45, 7) is 11.7. The first kappa shape index (κ1) is 21.1. The minimum atomic E-state index is -0.945. The summed E-state index contributed by atoms with van der Waals surface area (Å²) in [7, 11) is 0. The Kier molecular flexibility index (Phi) is 5.46. The van der Waals surface area contributed by atoms with Crippen molar-refractivity contribution in [3.8, 4) is 0 Å². The molecule has 0 aromatic carbocycles. The number of aliphatic hydroxyl groups is 2. The topological polar surface area (TPSA) is 76.0 Å². The monoisotopic (exact) mass is 382 g/mol. The van der Waals surface area contributed by atoms with Crippen molar-refractivity contribution in [1.29, 1.82) is 0 Å². The molecule has 0 spiro atoms. The smallest absolute Gasteiger partial charge is 0.303 e. The summed E-state index contributed by atoms with van der Waals surface area (Å²) >= 11 is 0. The molecular formula is C22H38O5. The molecule has 2 heterocycles. The van der Waals surface area contributed by atoms with Gasteiger partial charge in [-0.2, -0.15) is 0 Å². The molecule has 27 heavy (non-hydrogen) atoms. The maximum Gasteiger partial charge on any atom is 0.303 e. The van der Waals surface area contributed by atoms with E-state index in [1.807, 2.05) is 20.8 Å². The Balaban J connectivity index is 2.08. The minimum absolute atomic E-state index is 0.0106. The van der Waals surface area contributed by atoms with Gasteiger partial charge in [0.25, 0.3) is 0 Å². The normalized spacial score (nSPS) is 50.5. The van der Waals surface area contributed by atoms with Gasteiger partial charge in [-0.3, -0.25) is 4.79 Å². The Hall–Kier alpha value is -0.650. The van der Waals surface area contributed by atoms with Gasteiger partial charge < -0.3 is 19.7 Å². The number of fused-ring (bicyclic) bond motifs is 5. The second-order valence-corrected chi connectivity index (χ2v) is 10.5. The van der Waals surface area contributed by atoms with Crippen molar-refractivity contribution in [2.75, 3.05) is 0 Å². The van der Waals surface area contributed by atoms with Gasteiger partial charge in [0, 0.05) is 25.2 Å². The highest BCUT2D eigenvalue weighted by Gasteiger charge is 2.63. The molecule has 5 nitrogen and oxygen atoms in total. The lowest BCUT2D eigenvalue weighted by Crippen LogP contribution is -2.56. The molecule has 0 amide bonds. The van der Waals surface area contributed by atoms with Crippen molar-refractivity contribution in [3.05, 3.63) is 0 Å². The van der Waals surface area contributed by atoms with E-state index in [9.17, 15) is 15.0 Å². The number of hydrogen-bond donors (Lipinski definition) is 2. The van der Waals surface area contributed by atoms with E-state index in [4.69, 9.17) is 9.47 Å². The van der Waals surface area contributed by atoms with Crippen molar-refractivity contribution < 1.29 is 24.5 Å². The zero-order valence-electron chi connectivity index (χ0n) is 17.8. The van der Waals surface area contributed by atoms with Gasteiger partial charge in [-0.1, -0.05) is 13.8 Å². The van der Waals surface area contributed by atoms with E-state index >= 15 is 0 Å². The second kappa shape index (κ2) is 7.00. The Labute approximate surface area is 163 Å². The first-order valence-corrected chi connectivity index (χ1v) is 10.7. The van der Waals surface area contributed by atoms with Crippen LogP contribution in [-0.4, -0.2) is 45.2 Å². The van der Waals surface area contributed by atoms with Crippen LogP contribution in [0.25, 0.3) is 0 Å². The summed E-state index contributed by atoms with van der Waals surface area (Å²) in [5, 5.41) is 22.3. The van der Waals surface area contributed by atoms with Crippen LogP contribution in [0.4, 0.5) is 0 Å². The molecule has 2 aliphatic heterocycles. The molecule has 0 aromatic heterocycles. The van der Waals surface area contributed by atoms with E-state index in [0.717, 1.165) is 19.3 Å². The van der Waals surface area contributed by atoms with Crippen LogP contribution >= 0.6 is 0 Å². The Morgan fingerprint density at radius 1 is 1.15 bits per heavy atom. The van der Waals surface area contributed by atoms with E-state index in [2.05, 4.69) is 13.8 Å². The van der Waals surface area contributed by atoms with E-state index in [1.165, 1.54) is 6.92 Å². The van der Waals surface area contributed by atoms with Crippen LogP contribution in [0.3, 0.4) is 0 Å². The maximum absolute atomic E-state index is 11.9. The lowest BCUT2D eigenvalue weighted by molar-refractivity contribution is -0.175. The largest absolute Gasteiger partial charge is 0.459 e. The number of esters is 1. The number of carbonyl (C=O) groups is 1. The van der Waals surface area contributed by atoms with Crippen LogP contribution in [0.1, 0.15) is 80.1 Å². The number of rotatable bonds is 2. The van der Waals surface area contributed by atoms with E-state index in [1.54, 1.807) is 0 Å². The molecule has 156 valence electrons. The number of hydrogen-bond acceptors (Lipinski definition) is 5. The summed E-state index contributed by atoms with van der Waals surface area (Å²) in [5.41, 5.74) is -2.40. The molecule has 2 bridgehead atoms. The van der Waals surface area contributed by atoms with Crippen molar-refractivity contribution in [1.82, 2.24) is 0 Å². The first-order chi connectivity index (χ1) is 12.4. The van der Waals surface area contributed by atoms with Gasteiger partial charge in [-0.15, -0.1) is 0 Å². The molecule has 0 radical (unpaired) electrons. The van der Waals surface area contributed by atoms with Crippen LogP contribution in [0, 0.1) is 23.7 Å². The van der Waals surface area contributed by atoms with E-state index < -0.39 is 16.8 Å². The molecule has 3 fully saturated rings. The third kappa shape index (κ3) is 3.92. The van der Waals surface area contributed by atoms with Gasteiger partial charge in [0.15, 0.2) is 0 Å². The molecule has 2 N–H and O–H groups in total. The zero-order valence-corrected chi connectivity index (χ0v) is 17.8. The standard InChI is InChI=1S/C22H38O5/c1-13(2)15-8-11-22(6,27-14(3)23)18-16-12-20(4,24)9-7-10-21(5,25)19(26-16)17(15)18/h13,15-19,24-25H,7-12H2,1-6H3/t15-,16-,17-,18-,19-,20-,21-,22-/m1/s1. The van der Waals surface area contributed by atoms with Gasteiger partial charge in [0.1, 0.15) is 5.60 Å². The fourth-order valence-electron chi connectivity index (χ4n) is 6.37. The van der Waals surface area contributed by atoms with Crippen molar-refractivity contribution in [2.45, 2.75) is 109 Å². The van der Waals surface area contributed by atoms with Gasteiger partial charge >= 0.3 is 5.97 Å². The number of carbonyl (C=O) groups excluding carboxylic acids is 1. The van der Waals surface area contributed by atoms with E-state index in [0.29, 0.717) is 31.1 Å². The van der Waals surface area contributed by atoms with E-state index in [-0.39, 0.29) is 30.0 Å². The Bertz CT molecular complexity index is 569. The SMILES string of the molecule is CC(=O)O[C@]1(C)CC[C@H](C(C)C)[C@@H]2[C@H]1[C@H]1C[C@](C)(O)CCC[C@@](C)(O)[C@@H]2O1. The van der Waals surface area contributed by atoms with Crippen LogP contribution in [0.5, 0.6) is 0 Å². The van der Waals surface area contributed by atoms with Gasteiger partial charge in [0.2, 0.25) is 0 Å². The Morgan fingerprint density at radius 3 is 2.41 bits per heavy atom. The highest BCUT2D eigenvalue weighted by Crippen LogP contribution is 2.57. The molecule has 5 heteroatoms. The minimum Gasteiger partial charge on any atom is -0.459 e. The van der Waals surface area contributed by atoms with Gasteiger partial charge in [-0.05, 0) is 64.7 Å². The summed E-state index contributed by atoms with van der Waals surface area (Å²) in [5.74, 6) is 0.709. The van der Waals surface area contributed by atoms with Crippen LogP contribution < -0.4 is 0 Å². The molecule has 1 aliphatic carbocycles. The summed E-state index contributed by atoms with van der Waals surface area (Å²) in [6.07, 6.45) is 3.80. The highest BCUT2D eigenvalue weighted by molar-refractivity contribution is 5.66. The predicted molar refractivity (Wildman–Crippen MR) is 103 cm³/mol. The third-order valence-electron chi connectivity index (χ3n) is 7.55. The summed E-state index contributed by atoms with van der Waals surface area (Å²) in [4.78, 5) is 11.9. The van der Waals surface area contributed by atoms with Crippen molar-refractivity contribution >= 4 is 5.97 Å². The highest BCUT2D eigenvalue weighted by atomic mass is 16.6. The van der Waals surface area contributed by atoms with Crippen molar-refractivity contribution in [3.63, 3.8) is 0 Å². The molecule has 8 atom stereocenters. The molecule has 3 rings (SSSR count). The van der Waals surface area contributed by atoms with Crippen LogP contribution in [0.2, 0.25) is 0 Å². The molecule has 2 saturated heterocycles. The van der Waals surface area contributed by atoms with Crippen LogP contribution in [-0.2, 0) is 14.3 Å². The van der Waals surface area contributed by atoms with Crippen LogP contribution in [0.15, 0.2) is 0 Å². The molecule has 0 aromatic rings. The molecular weight excluding hydrogens is 344 g/mol. The predicted octanol–water partition coefficient (Wildman–Crippen LogP) is 3.45. The Morgan fingerprint density at radius 2 is 1.81 bits per heavy atom. The lowest BCUT2D eigenvalue weighted by atomic mass is 9.57. The molecule has 0 unspecified atom stereocenters. The molecule has 3 aliphatic rings. The maximum atomic E-state index is 11.9. The average Bonchev–Trinajstić information content (AvgIpc) is 2.87. The summed E-state index contributed by atoms with van der Waals surface area (Å²) in [6, 6.07) is 0. The fourth-order valence-corrected chi connectivity index (χ4v) is 6.37.